The summed E-state index contributed by atoms with van der Waals surface area (Å²) in [6, 6.07) is 7.47. The molecule has 1 amide bonds. The van der Waals surface area contributed by atoms with Crippen LogP contribution >= 0.6 is 0 Å². The summed E-state index contributed by atoms with van der Waals surface area (Å²) in [4.78, 5) is 12.5. The number of carbonyl (C=O) groups is 1. The standard InChI is InChI=1S/C18H21N3O3/c1-10(7-13-8-11(2)20-21-13)19-18(22)17-12(3)15-6-5-14(23-4)9-16(15)24-17/h5-6,8-10H,7H2,1-4H3,(H,19,22)(H,20,21). The maximum absolute atomic E-state index is 12.5. The molecule has 0 bridgehead atoms. The van der Waals surface area contributed by atoms with E-state index in [1.807, 2.05) is 39.0 Å². The van der Waals surface area contributed by atoms with Gasteiger partial charge in [-0.25, -0.2) is 0 Å². The van der Waals surface area contributed by atoms with E-state index in [2.05, 4.69) is 15.5 Å². The van der Waals surface area contributed by atoms with E-state index in [9.17, 15) is 4.79 Å². The molecule has 0 aliphatic heterocycles. The Morgan fingerprint density at radius 3 is 2.83 bits per heavy atom. The van der Waals surface area contributed by atoms with Crippen molar-refractivity contribution in [3.8, 4) is 5.75 Å². The van der Waals surface area contributed by atoms with E-state index in [-0.39, 0.29) is 11.9 Å². The molecule has 2 heterocycles. The van der Waals surface area contributed by atoms with E-state index in [1.165, 1.54) is 0 Å². The maximum Gasteiger partial charge on any atom is 0.287 e. The third-order valence-corrected chi connectivity index (χ3v) is 4.00. The SMILES string of the molecule is COc1ccc2c(C)c(C(=O)NC(C)Cc3cc(C)[nH]n3)oc2c1. The van der Waals surface area contributed by atoms with Gasteiger partial charge in [-0.1, -0.05) is 0 Å². The number of aryl methyl sites for hydroxylation is 2. The van der Waals surface area contributed by atoms with Crippen molar-refractivity contribution < 1.29 is 13.9 Å². The fraction of sp³-hybridized carbons (Fsp3) is 0.333. The lowest BCUT2D eigenvalue weighted by atomic mass is 10.1. The number of furan rings is 1. The van der Waals surface area contributed by atoms with E-state index in [0.717, 1.165) is 22.3 Å². The Kier molecular flexibility index (Phi) is 4.29. The lowest BCUT2D eigenvalue weighted by Gasteiger charge is -2.11. The van der Waals surface area contributed by atoms with Gasteiger partial charge in [-0.3, -0.25) is 9.89 Å². The van der Waals surface area contributed by atoms with Crippen molar-refractivity contribution in [3.63, 3.8) is 0 Å². The van der Waals surface area contributed by atoms with Gasteiger partial charge in [0.05, 0.1) is 12.8 Å². The number of H-pyrrole nitrogens is 1. The van der Waals surface area contributed by atoms with Crippen LogP contribution < -0.4 is 10.1 Å². The minimum atomic E-state index is -0.220. The Labute approximate surface area is 140 Å². The molecule has 0 radical (unpaired) electrons. The highest BCUT2D eigenvalue weighted by Crippen LogP contribution is 2.28. The topological polar surface area (TPSA) is 80.1 Å². The molecule has 3 aromatic rings. The molecule has 2 aromatic heterocycles. The number of hydrogen-bond acceptors (Lipinski definition) is 4. The molecule has 0 aliphatic carbocycles. The van der Waals surface area contributed by atoms with E-state index in [0.29, 0.717) is 23.5 Å². The molecule has 1 unspecified atom stereocenters. The van der Waals surface area contributed by atoms with Gasteiger partial charge < -0.3 is 14.5 Å². The number of benzene rings is 1. The van der Waals surface area contributed by atoms with Crippen LogP contribution in [0.2, 0.25) is 0 Å². The zero-order valence-corrected chi connectivity index (χ0v) is 14.3. The Hall–Kier alpha value is -2.76. The lowest BCUT2D eigenvalue weighted by molar-refractivity contribution is 0.0913. The molecule has 0 saturated heterocycles. The summed E-state index contributed by atoms with van der Waals surface area (Å²) >= 11 is 0. The minimum absolute atomic E-state index is 0.0534. The van der Waals surface area contributed by atoms with Gasteiger partial charge in [0.15, 0.2) is 5.76 Å². The van der Waals surface area contributed by atoms with Crippen LogP contribution in [0.4, 0.5) is 0 Å². The average molecular weight is 327 g/mol. The summed E-state index contributed by atoms with van der Waals surface area (Å²) in [5.74, 6) is 0.816. The van der Waals surface area contributed by atoms with Gasteiger partial charge in [-0.05, 0) is 39.0 Å². The third-order valence-electron chi connectivity index (χ3n) is 4.00. The van der Waals surface area contributed by atoms with Gasteiger partial charge in [0.25, 0.3) is 5.91 Å². The molecule has 1 atom stereocenters. The van der Waals surface area contributed by atoms with Crippen LogP contribution in [0.1, 0.15) is 34.4 Å². The number of ether oxygens (including phenoxy) is 1. The van der Waals surface area contributed by atoms with Crippen molar-refractivity contribution in [3.05, 3.63) is 47.0 Å². The van der Waals surface area contributed by atoms with Gasteiger partial charge in [0.1, 0.15) is 11.3 Å². The molecular weight excluding hydrogens is 306 g/mol. The first-order valence-electron chi connectivity index (χ1n) is 7.87. The molecule has 0 spiro atoms. The molecule has 1 aromatic carbocycles. The Morgan fingerprint density at radius 2 is 2.17 bits per heavy atom. The maximum atomic E-state index is 12.5. The van der Waals surface area contributed by atoms with Gasteiger partial charge in [0, 0.05) is 35.2 Å². The van der Waals surface area contributed by atoms with Gasteiger partial charge in [-0.2, -0.15) is 5.10 Å². The predicted molar refractivity (Wildman–Crippen MR) is 91.5 cm³/mol. The quantitative estimate of drug-likeness (QED) is 0.754. The first-order chi connectivity index (χ1) is 11.5. The van der Waals surface area contributed by atoms with Gasteiger partial charge in [-0.15, -0.1) is 0 Å². The summed E-state index contributed by atoms with van der Waals surface area (Å²) in [7, 11) is 1.60. The van der Waals surface area contributed by atoms with Crippen molar-refractivity contribution >= 4 is 16.9 Å². The molecule has 0 saturated carbocycles. The smallest absolute Gasteiger partial charge is 0.287 e. The molecule has 0 fully saturated rings. The molecule has 6 nitrogen and oxygen atoms in total. The largest absolute Gasteiger partial charge is 0.497 e. The summed E-state index contributed by atoms with van der Waals surface area (Å²) in [6.07, 6.45) is 0.656. The number of aromatic nitrogens is 2. The lowest BCUT2D eigenvalue weighted by Crippen LogP contribution is -2.34. The molecule has 2 N–H and O–H groups in total. The zero-order valence-electron chi connectivity index (χ0n) is 14.3. The molecule has 3 rings (SSSR count). The van der Waals surface area contributed by atoms with Crippen LogP contribution in [0.25, 0.3) is 11.0 Å². The fourth-order valence-electron chi connectivity index (χ4n) is 2.78. The first-order valence-corrected chi connectivity index (χ1v) is 7.87. The molecule has 24 heavy (non-hydrogen) atoms. The Morgan fingerprint density at radius 1 is 1.38 bits per heavy atom. The number of aromatic amines is 1. The van der Waals surface area contributed by atoms with E-state index in [4.69, 9.17) is 9.15 Å². The number of nitrogens with one attached hydrogen (secondary N) is 2. The minimum Gasteiger partial charge on any atom is -0.497 e. The normalized spacial score (nSPS) is 12.3. The second-order valence-corrected chi connectivity index (χ2v) is 6.04. The predicted octanol–water partition coefficient (Wildman–Crippen LogP) is 3.14. The van der Waals surface area contributed by atoms with Crippen LogP contribution in [-0.2, 0) is 6.42 Å². The third kappa shape index (κ3) is 3.13. The second-order valence-electron chi connectivity index (χ2n) is 6.04. The number of nitrogens with zero attached hydrogens (tertiary/aromatic N) is 1. The highest BCUT2D eigenvalue weighted by atomic mass is 16.5. The highest BCUT2D eigenvalue weighted by molar-refractivity contribution is 5.99. The van der Waals surface area contributed by atoms with Crippen molar-refractivity contribution in [2.24, 2.45) is 0 Å². The van der Waals surface area contributed by atoms with Crippen LogP contribution in [0.5, 0.6) is 5.75 Å². The van der Waals surface area contributed by atoms with Crippen LogP contribution in [0, 0.1) is 13.8 Å². The summed E-state index contributed by atoms with van der Waals surface area (Å²) in [5.41, 5.74) is 3.40. The Balaban J connectivity index is 1.76. The van der Waals surface area contributed by atoms with Crippen molar-refractivity contribution in [2.45, 2.75) is 33.2 Å². The number of fused-ring (bicyclic) bond motifs is 1. The number of rotatable bonds is 5. The Bertz CT molecular complexity index is 879. The van der Waals surface area contributed by atoms with Crippen LogP contribution in [0.15, 0.2) is 28.7 Å². The van der Waals surface area contributed by atoms with Crippen molar-refractivity contribution in [2.75, 3.05) is 7.11 Å². The molecule has 126 valence electrons. The average Bonchev–Trinajstić information content (AvgIpc) is 3.10. The molecule has 6 heteroatoms. The fourth-order valence-corrected chi connectivity index (χ4v) is 2.78. The summed E-state index contributed by atoms with van der Waals surface area (Å²) in [5, 5.41) is 11.0. The zero-order chi connectivity index (χ0) is 17.3. The first kappa shape index (κ1) is 16.1. The summed E-state index contributed by atoms with van der Waals surface area (Å²) < 4.78 is 10.9. The second kappa shape index (κ2) is 6.39. The van der Waals surface area contributed by atoms with Crippen molar-refractivity contribution in [1.29, 1.82) is 0 Å². The number of amides is 1. The number of methoxy groups -OCH3 is 1. The highest BCUT2D eigenvalue weighted by Gasteiger charge is 2.20. The summed E-state index contributed by atoms with van der Waals surface area (Å²) in [6.45, 7) is 5.78. The van der Waals surface area contributed by atoms with E-state index >= 15 is 0 Å². The number of carbonyl (C=O) groups excluding carboxylic acids is 1. The van der Waals surface area contributed by atoms with Crippen LogP contribution in [-0.4, -0.2) is 29.3 Å². The van der Waals surface area contributed by atoms with Gasteiger partial charge in [0.2, 0.25) is 0 Å². The van der Waals surface area contributed by atoms with Crippen LogP contribution in [0.3, 0.4) is 0 Å². The monoisotopic (exact) mass is 327 g/mol. The molecular formula is C18H21N3O3. The van der Waals surface area contributed by atoms with E-state index < -0.39 is 0 Å². The van der Waals surface area contributed by atoms with Gasteiger partial charge >= 0.3 is 0 Å². The molecule has 0 aliphatic rings. The van der Waals surface area contributed by atoms with E-state index in [1.54, 1.807) is 13.2 Å². The van der Waals surface area contributed by atoms with Crippen molar-refractivity contribution in [1.82, 2.24) is 15.5 Å². The number of hydrogen-bond donors (Lipinski definition) is 2.